The largest absolute Gasteiger partial charge is 0.444 e. The molecule has 0 unspecified atom stereocenters. The molecule has 6 nitrogen and oxygen atoms in total. The zero-order valence-electron chi connectivity index (χ0n) is 15.5. The molecule has 0 saturated heterocycles. The molecule has 3 rings (SSSR count). The molecule has 0 fully saturated rings. The minimum absolute atomic E-state index is 0.0892. The molecule has 0 saturated carbocycles. The van der Waals surface area contributed by atoms with Gasteiger partial charge < -0.3 is 10.1 Å². The summed E-state index contributed by atoms with van der Waals surface area (Å²) in [6.45, 7) is 5.35. The van der Waals surface area contributed by atoms with Crippen molar-refractivity contribution in [3.05, 3.63) is 54.0 Å². The first-order chi connectivity index (χ1) is 13.0. The van der Waals surface area contributed by atoms with Crippen LogP contribution in [0.4, 0.5) is 18.0 Å². The number of amides is 1. The molecule has 28 heavy (non-hydrogen) atoms. The Morgan fingerprint density at radius 2 is 1.86 bits per heavy atom. The van der Waals surface area contributed by atoms with E-state index in [2.05, 4.69) is 15.3 Å². The Labute approximate surface area is 159 Å². The van der Waals surface area contributed by atoms with Gasteiger partial charge in [0, 0.05) is 24.0 Å². The molecular formula is C19H19F3N4O2. The Kier molecular flexibility index (Phi) is 5.01. The van der Waals surface area contributed by atoms with Crippen LogP contribution in [0.25, 0.3) is 17.0 Å². The number of fused-ring (bicyclic) bond motifs is 1. The van der Waals surface area contributed by atoms with E-state index in [0.29, 0.717) is 22.7 Å². The Balaban J connectivity index is 1.88. The van der Waals surface area contributed by atoms with Crippen molar-refractivity contribution in [3.63, 3.8) is 0 Å². The molecule has 0 bridgehead atoms. The summed E-state index contributed by atoms with van der Waals surface area (Å²) >= 11 is 0. The highest BCUT2D eigenvalue weighted by Crippen LogP contribution is 2.30. The first kappa shape index (κ1) is 19.7. The van der Waals surface area contributed by atoms with Crippen molar-refractivity contribution in [2.45, 2.75) is 39.1 Å². The highest BCUT2D eigenvalue weighted by Gasteiger charge is 2.30. The number of alkyl halides is 3. The van der Waals surface area contributed by atoms with Gasteiger partial charge in [-0.25, -0.2) is 14.8 Å². The number of hydrogen-bond donors (Lipinski definition) is 1. The van der Waals surface area contributed by atoms with Gasteiger partial charge in [0.15, 0.2) is 0 Å². The lowest BCUT2D eigenvalue weighted by Gasteiger charge is -2.19. The van der Waals surface area contributed by atoms with Crippen LogP contribution < -0.4 is 5.32 Å². The van der Waals surface area contributed by atoms with Crippen molar-refractivity contribution in [3.8, 4) is 11.4 Å². The van der Waals surface area contributed by atoms with Crippen molar-refractivity contribution in [1.29, 1.82) is 0 Å². The van der Waals surface area contributed by atoms with Crippen LogP contribution in [0.15, 0.2) is 42.7 Å². The van der Waals surface area contributed by atoms with Crippen LogP contribution in [-0.4, -0.2) is 26.1 Å². The molecule has 1 N–H and O–H groups in total. The number of benzene rings is 1. The normalized spacial score (nSPS) is 12.2. The van der Waals surface area contributed by atoms with Gasteiger partial charge in [-0.2, -0.15) is 13.2 Å². The van der Waals surface area contributed by atoms with Gasteiger partial charge in [0.1, 0.15) is 17.1 Å². The average Bonchev–Trinajstić information content (AvgIpc) is 3.05. The number of nitrogens with one attached hydrogen (secondary N) is 1. The number of halogens is 3. The maximum Gasteiger partial charge on any atom is 0.416 e. The van der Waals surface area contributed by atoms with Crippen LogP contribution in [0.3, 0.4) is 0 Å². The highest BCUT2D eigenvalue weighted by molar-refractivity contribution is 5.68. The second-order valence-corrected chi connectivity index (χ2v) is 7.16. The summed E-state index contributed by atoms with van der Waals surface area (Å²) in [4.78, 5) is 20.5. The number of ether oxygens (including phenoxy) is 1. The maximum atomic E-state index is 12.8. The summed E-state index contributed by atoms with van der Waals surface area (Å²) in [5, 5.41) is 2.61. The van der Waals surface area contributed by atoms with Crippen LogP contribution >= 0.6 is 0 Å². The summed E-state index contributed by atoms with van der Waals surface area (Å²) in [6.07, 6.45) is -1.76. The fourth-order valence-corrected chi connectivity index (χ4v) is 2.55. The molecule has 2 aromatic heterocycles. The minimum Gasteiger partial charge on any atom is -0.444 e. The molecule has 1 aromatic carbocycles. The fraction of sp³-hybridized carbons (Fsp3) is 0.316. The number of rotatable bonds is 3. The quantitative estimate of drug-likeness (QED) is 0.716. The van der Waals surface area contributed by atoms with Gasteiger partial charge in [0.2, 0.25) is 0 Å². The van der Waals surface area contributed by atoms with Gasteiger partial charge in [0.25, 0.3) is 0 Å². The first-order valence-corrected chi connectivity index (χ1v) is 8.50. The fourth-order valence-electron chi connectivity index (χ4n) is 2.55. The van der Waals surface area contributed by atoms with Crippen LogP contribution in [0.5, 0.6) is 0 Å². The molecule has 148 valence electrons. The van der Waals surface area contributed by atoms with Crippen molar-refractivity contribution in [2.24, 2.45) is 0 Å². The third-order valence-electron chi connectivity index (χ3n) is 3.73. The molecule has 3 aromatic rings. The van der Waals surface area contributed by atoms with E-state index in [1.807, 2.05) is 0 Å². The molecule has 0 radical (unpaired) electrons. The second-order valence-electron chi connectivity index (χ2n) is 7.16. The van der Waals surface area contributed by atoms with Crippen LogP contribution in [0.2, 0.25) is 0 Å². The van der Waals surface area contributed by atoms with Crippen molar-refractivity contribution in [1.82, 2.24) is 19.7 Å². The predicted molar refractivity (Wildman–Crippen MR) is 96.5 cm³/mol. The number of carbonyl (C=O) groups excluding carboxylic acids is 1. The zero-order chi connectivity index (χ0) is 20.5. The molecule has 0 spiro atoms. The first-order valence-electron chi connectivity index (χ1n) is 8.50. The Morgan fingerprint density at radius 1 is 1.18 bits per heavy atom. The summed E-state index contributed by atoms with van der Waals surface area (Å²) < 4.78 is 45.3. The van der Waals surface area contributed by atoms with Crippen LogP contribution in [-0.2, 0) is 17.5 Å². The minimum atomic E-state index is -4.41. The third kappa shape index (κ3) is 4.59. The summed E-state index contributed by atoms with van der Waals surface area (Å²) in [5.74, 6) is 0.421. The Bertz CT molecular complexity index is 989. The maximum absolute atomic E-state index is 12.8. The predicted octanol–water partition coefficient (Wildman–Crippen LogP) is 4.44. The lowest BCUT2D eigenvalue weighted by molar-refractivity contribution is -0.137. The number of imidazole rings is 1. The number of hydrogen-bond acceptors (Lipinski definition) is 4. The molecule has 0 atom stereocenters. The third-order valence-corrected chi connectivity index (χ3v) is 3.73. The summed E-state index contributed by atoms with van der Waals surface area (Å²) in [5.41, 5.74) is 0.192. The van der Waals surface area contributed by atoms with E-state index in [1.165, 1.54) is 12.1 Å². The zero-order valence-corrected chi connectivity index (χ0v) is 15.5. The lowest BCUT2D eigenvalue weighted by Crippen LogP contribution is -2.32. The van der Waals surface area contributed by atoms with E-state index >= 15 is 0 Å². The van der Waals surface area contributed by atoms with E-state index in [4.69, 9.17) is 4.74 Å². The van der Waals surface area contributed by atoms with E-state index in [0.717, 1.165) is 12.1 Å². The van der Waals surface area contributed by atoms with Crippen molar-refractivity contribution in [2.75, 3.05) is 0 Å². The van der Waals surface area contributed by atoms with Crippen molar-refractivity contribution >= 4 is 11.7 Å². The smallest absolute Gasteiger partial charge is 0.416 e. The van der Waals surface area contributed by atoms with Gasteiger partial charge in [-0.3, -0.25) is 4.40 Å². The van der Waals surface area contributed by atoms with Gasteiger partial charge >= 0.3 is 12.3 Å². The number of carbonyl (C=O) groups is 1. The van der Waals surface area contributed by atoms with Gasteiger partial charge in [-0.15, -0.1) is 0 Å². The van der Waals surface area contributed by atoms with E-state index in [-0.39, 0.29) is 6.54 Å². The molecule has 2 heterocycles. The lowest BCUT2D eigenvalue weighted by atomic mass is 10.1. The number of aromatic nitrogens is 3. The molecule has 9 heteroatoms. The van der Waals surface area contributed by atoms with E-state index in [9.17, 15) is 18.0 Å². The topological polar surface area (TPSA) is 68.5 Å². The summed E-state index contributed by atoms with van der Waals surface area (Å²) in [6, 6.07) is 6.41. The Hall–Kier alpha value is -3.10. The second kappa shape index (κ2) is 7.14. The Morgan fingerprint density at radius 3 is 2.46 bits per heavy atom. The summed E-state index contributed by atoms with van der Waals surface area (Å²) in [7, 11) is 0. The average molecular weight is 392 g/mol. The van der Waals surface area contributed by atoms with Crippen molar-refractivity contribution < 1.29 is 22.7 Å². The molecule has 0 aliphatic carbocycles. The monoisotopic (exact) mass is 392 g/mol. The number of nitrogens with zero attached hydrogens (tertiary/aromatic N) is 3. The van der Waals surface area contributed by atoms with Gasteiger partial charge in [-0.1, -0.05) is 12.1 Å². The SMILES string of the molecule is CC(C)(C)OC(=O)NCc1cc2nccn2c(-c2ccc(C(F)(F)F)cc2)n1. The highest BCUT2D eigenvalue weighted by atomic mass is 19.4. The number of alkyl carbamates (subject to hydrolysis) is 1. The van der Waals surface area contributed by atoms with Gasteiger partial charge in [-0.05, 0) is 32.9 Å². The van der Waals surface area contributed by atoms with Gasteiger partial charge in [0.05, 0.1) is 17.8 Å². The van der Waals surface area contributed by atoms with E-state index < -0.39 is 23.4 Å². The van der Waals surface area contributed by atoms with Crippen LogP contribution in [0, 0.1) is 0 Å². The standard InChI is InChI=1S/C19H19F3N4O2/c1-18(2,3)28-17(27)24-11-14-10-15-23-8-9-26(15)16(25-14)12-4-6-13(7-5-12)19(20,21)22/h4-10H,11H2,1-3H3,(H,24,27). The molecule has 0 aliphatic rings. The van der Waals surface area contributed by atoms with E-state index in [1.54, 1.807) is 43.6 Å². The van der Waals surface area contributed by atoms with Crippen LogP contribution in [0.1, 0.15) is 32.0 Å². The molecule has 0 aliphatic heterocycles. The molecular weight excluding hydrogens is 373 g/mol. The molecule has 1 amide bonds.